The first-order valence-corrected chi connectivity index (χ1v) is 10.0. The van der Waals surface area contributed by atoms with Crippen LogP contribution in [0.1, 0.15) is 30.9 Å². The van der Waals surface area contributed by atoms with Gasteiger partial charge in [0.25, 0.3) is 10.1 Å². The maximum Gasteiger partial charge on any atom is 0.294 e. The Morgan fingerprint density at radius 3 is 2.04 bits per heavy atom. The highest BCUT2D eigenvalue weighted by molar-refractivity contribution is 7.85. The molecule has 2 aromatic carbocycles. The fourth-order valence-electron chi connectivity index (χ4n) is 2.83. The quantitative estimate of drug-likeness (QED) is 0.709. The number of nitrogens with zero attached hydrogens (tertiary/aromatic N) is 1. The van der Waals surface area contributed by atoms with Gasteiger partial charge in [-0.1, -0.05) is 38.1 Å². The molecular weight excluding hydrogens is 350 g/mol. The molecule has 2 aromatic rings. The Kier molecular flexibility index (Phi) is 6.81. The molecule has 1 N–H and O–H groups in total. The van der Waals surface area contributed by atoms with Crippen LogP contribution >= 0.6 is 0 Å². The molecule has 0 radical (unpaired) electrons. The molecule has 0 aliphatic rings. The second kappa shape index (κ2) is 8.66. The van der Waals surface area contributed by atoms with E-state index < -0.39 is 10.1 Å². The first-order valence-electron chi connectivity index (χ1n) is 8.60. The normalized spacial score (nSPS) is 13.2. The molecule has 0 heterocycles. The van der Waals surface area contributed by atoms with Crippen molar-refractivity contribution in [2.75, 3.05) is 20.6 Å². The number of rotatable bonds is 8. The van der Waals surface area contributed by atoms with Crippen molar-refractivity contribution in [3.05, 3.63) is 59.7 Å². The van der Waals surface area contributed by atoms with Crippen molar-refractivity contribution < 1.29 is 17.7 Å². The third-order valence-electron chi connectivity index (χ3n) is 4.30. The molecule has 0 aliphatic carbocycles. The molecule has 0 saturated carbocycles. The Hall–Kier alpha value is -1.89. The summed E-state index contributed by atoms with van der Waals surface area (Å²) < 4.78 is 36.7. The summed E-state index contributed by atoms with van der Waals surface area (Å²) in [5.41, 5.74) is 2.36. The van der Waals surface area contributed by atoms with Crippen LogP contribution in [0.5, 0.6) is 5.75 Å². The Morgan fingerprint density at radius 2 is 1.58 bits per heavy atom. The lowest BCUT2D eigenvalue weighted by molar-refractivity contribution is 0.305. The summed E-state index contributed by atoms with van der Waals surface area (Å²) in [5, 5.41) is 0. The van der Waals surface area contributed by atoms with Gasteiger partial charge in [0.2, 0.25) is 0 Å². The maximum absolute atomic E-state index is 11.0. The molecular formula is C20H27NO4S. The molecule has 5 nitrogen and oxygen atoms in total. The van der Waals surface area contributed by atoms with Gasteiger partial charge >= 0.3 is 0 Å². The van der Waals surface area contributed by atoms with E-state index in [0.29, 0.717) is 24.2 Å². The number of likely N-dealkylation sites (N-methyl/N-ethyl adjacent to an activating group) is 1. The Morgan fingerprint density at radius 1 is 1.00 bits per heavy atom. The monoisotopic (exact) mass is 377 g/mol. The van der Waals surface area contributed by atoms with Crippen molar-refractivity contribution in [1.82, 2.24) is 4.90 Å². The topological polar surface area (TPSA) is 66.8 Å². The molecule has 0 bridgehead atoms. The van der Waals surface area contributed by atoms with E-state index in [4.69, 9.17) is 9.29 Å². The van der Waals surface area contributed by atoms with Crippen LogP contribution < -0.4 is 4.74 Å². The first kappa shape index (κ1) is 20.4. The van der Waals surface area contributed by atoms with E-state index in [2.05, 4.69) is 57.1 Å². The summed E-state index contributed by atoms with van der Waals surface area (Å²) >= 11 is 0. The largest absolute Gasteiger partial charge is 0.489 e. The Balaban J connectivity index is 2.00. The molecule has 0 aliphatic heterocycles. The van der Waals surface area contributed by atoms with E-state index in [9.17, 15) is 8.42 Å². The highest BCUT2D eigenvalue weighted by atomic mass is 32.2. The van der Waals surface area contributed by atoms with Crippen LogP contribution in [0, 0.1) is 5.92 Å². The molecule has 1 unspecified atom stereocenters. The predicted molar refractivity (Wildman–Crippen MR) is 103 cm³/mol. The van der Waals surface area contributed by atoms with E-state index in [-0.39, 0.29) is 4.90 Å². The van der Waals surface area contributed by atoms with Crippen LogP contribution in [0.15, 0.2) is 53.4 Å². The molecule has 142 valence electrons. The van der Waals surface area contributed by atoms with E-state index in [0.717, 1.165) is 12.1 Å². The fraction of sp³-hybridized carbons (Fsp3) is 0.400. The maximum atomic E-state index is 11.0. The van der Waals surface area contributed by atoms with Crippen LogP contribution in [0.2, 0.25) is 0 Å². The number of ether oxygens (including phenoxy) is 1. The van der Waals surface area contributed by atoms with Crippen LogP contribution in [0.25, 0.3) is 0 Å². The molecule has 2 rings (SSSR count). The van der Waals surface area contributed by atoms with Gasteiger partial charge in [-0.25, -0.2) is 0 Å². The van der Waals surface area contributed by atoms with Gasteiger partial charge in [-0.2, -0.15) is 8.42 Å². The Bertz CT molecular complexity index is 797. The van der Waals surface area contributed by atoms with Crippen molar-refractivity contribution in [3.63, 3.8) is 0 Å². The summed E-state index contributed by atoms with van der Waals surface area (Å²) in [7, 11) is 0.00186. The van der Waals surface area contributed by atoms with Crippen LogP contribution in [0.3, 0.4) is 0 Å². The van der Waals surface area contributed by atoms with Gasteiger partial charge in [0.1, 0.15) is 12.4 Å². The number of hydrogen-bond donors (Lipinski definition) is 1. The summed E-state index contributed by atoms with van der Waals surface area (Å²) in [6, 6.07) is 14.1. The van der Waals surface area contributed by atoms with Crippen molar-refractivity contribution >= 4 is 10.1 Å². The smallest absolute Gasteiger partial charge is 0.294 e. The van der Waals surface area contributed by atoms with Gasteiger partial charge in [0, 0.05) is 6.54 Å². The zero-order valence-electron chi connectivity index (χ0n) is 15.7. The van der Waals surface area contributed by atoms with E-state index in [1.54, 1.807) is 0 Å². The van der Waals surface area contributed by atoms with Crippen molar-refractivity contribution in [1.29, 1.82) is 0 Å². The average molecular weight is 378 g/mol. The Labute approximate surface area is 156 Å². The minimum absolute atomic E-state index is 0.144. The lowest BCUT2D eigenvalue weighted by atomic mass is 9.87. The van der Waals surface area contributed by atoms with Crippen LogP contribution in [-0.4, -0.2) is 38.5 Å². The van der Waals surface area contributed by atoms with E-state index in [1.807, 2.05) is 0 Å². The van der Waals surface area contributed by atoms with Crippen molar-refractivity contribution in [2.45, 2.75) is 31.3 Å². The second-order valence-corrected chi connectivity index (χ2v) is 8.51. The standard InChI is InChI=1S/C20H27NO4S/c1-15(2)20(13-21(3)4)17-7-5-16(6-8-17)14-25-18-9-11-19(12-10-18)26(22,23)24/h5-12,15,20H,13-14H2,1-4H3,(H,22,23,24). The average Bonchev–Trinajstić information content (AvgIpc) is 2.57. The highest BCUT2D eigenvalue weighted by Crippen LogP contribution is 2.25. The van der Waals surface area contributed by atoms with Crippen molar-refractivity contribution in [2.24, 2.45) is 5.92 Å². The summed E-state index contributed by atoms with van der Waals surface area (Å²) in [5.74, 6) is 1.59. The molecule has 26 heavy (non-hydrogen) atoms. The minimum atomic E-state index is -4.17. The number of hydrogen-bond acceptors (Lipinski definition) is 4. The van der Waals surface area contributed by atoms with Gasteiger partial charge in [0.05, 0.1) is 4.90 Å². The third-order valence-corrected chi connectivity index (χ3v) is 5.17. The molecule has 0 aromatic heterocycles. The van der Waals surface area contributed by atoms with Gasteiger partial charge < -0.3 is 9.64 Å². The fourth-order valence-corrected chi connectivity index (χ4v) is 3.31. The van der Waals surface area contributed by atoms with E-state index >= 15 is 0 Å². The predicted octanol–water partition coefficient (Wildman–Crippen LogP) is 3.81. The minimum Gasteiger partial charge on any atom is -0.489 e. The highest BCUT2D eigenvalue weighted by Gasteiger charge is 2.16. The van der Waals surface area contributed by atoms with E-state index in [1.165, 1.54) is 29.8 Å². The first-order chi connectivity index (χ1) is 12.2. The summed E-state index contributed by atoms with van der Waals surface area (Å²) in [4.78, 5) is 2.06. The summed E-state index contributed by atoms with van der Waals surface area (Å²) in [6.45, 7) is 5.88. The van der Waals surface area contributed by atoms with Gasteiger partial charge in [-0.15, -0.1) is 0 Å². The molecule has 0 saturated heterocycles. The molecule has 0 fully saturated rings. The van der Waals surface area contributed by atoms with Gasteiger partial charge in [-0.3, -0.25) is 4.55 Å². The van der Waals surface area contributed by atoms with Gasteiger partial charge in [0.15, 0.2) is 0 Å². The molecule has 6 heteroatoms. The molecule has 0 spiro atoms. The lowest BCUT2D eigenvalue weighted by Crippen LogP contribution is -2.23. The molecule has 1 atom stereocenters. The summed E-state index contributed by atoms with van der Waals surface area (Å²) in [6.07, 6.45) is 0. The van der Waals surface area contributed by atoms with Crippen LogP contribution in [0.4, 0.5) is 0 Å². The lowest BCUT2D eigenvalue weighted by Gasteiger charge is -2.25. The van der Waals surface area contributed by atoms with Gasteiger partial charge in [-0.05, 0) is 61.3 Å². The third kappa shape index (κ3) is 5.83. The van der Waals surface area contributed by atoms with Crippen LogP contribution in [-0.2, 0) is 16.7 Å². The zero-order valence-corrected chi connectivity index (χ0v) is 16.5. The SMILES string of the molecule is CC(C)C(CN(C)C)c1ccc(COc2ccc(S(=O)(=O)O)cc2)cc1. The zero-order chi connectivity index (χ0) is 19.3. The van der Waals surface area contributed by atoms with Crippen molar-refractivity contribution in [3.8, 4) is 5.75 Å². The molecule has 0 amide bonds. The number of benzene rings is 2. The second-order valence-electron chi connectivity index (χ2n) is 7.09.